The molecule has 37 heavy (non-hydrogen) atoms. The predicted molar refractivity (Wildman–Crippen MR) is 143 cm³/mol. The third-order valence-electron chi connectivity index (χ3n) is 6.07. The third kappa shape index (κ3) is 7.08. The standard InChI is InChI=1S/C23H39N6O6PS/c1-15(2)29(16(3)4)36(32,33-9-10-37-22(31)23(5,6)12-30)34-11-17-7-8-18(35-17)28-14-27-19-20(24)25-13-26-21(19)28/h13-18,30H,7-12H2,1-6H3,(H2,24,25,26)/t17-,18+,36?/m0/s1. The minimum absolute atomic E-state index is 0.0570. The monoisotopic (exact) mass is 558 g/mol. The number of ether oxygens (including phenoxy) is 1. The smallest absolute Gasteiger partial charge is 0.395 e. The number of imidazole rings is 1. The van der Waals surface area contributed by atoms with Crippen LogP contribution in [0.25, 0.3) is 11.2 Å². The van der Waals surface area contributed by atoms with Crippen molar-refractivity contribution >= 4 is 41.6 Å². The lowest BCUT2D eigenvalue weighted by Gasteiger charge is -2.36. The van der Waals surface area contributed by atoms with E-state index in [0.717, 1.165) is 11.8 Å². The Labute approximate surface area is 222 Å². The number of rotatable bonds is 13. The van der Waals surface area contributed by atoms with E-state index < -0.39 is 13.2 Å². The number of hydrogen-bond donors (Lipinski definition) is 2. The molecule has 2 aromatic rings. The highest BCUT2D eigenvalue weighted by atomic mass is 32.2. The van der Waals surface area contributed by atoms with Crippen molar-refractivity contribution in [3.63, 3.8) is 0 Å². The molecule has 0 radical (unpaired) electrons. The van der Waals surface area contributed by atoms with Gasteiger partial charge in [-0.25, -0.2) is 24.2 Å². The van der Waals surface area contributed by atoms with E-state index in [1.54, 1.807) is 24.8 Å². The van der Waals surface area contributed by atoms with Crippen LogP contribution in [0.15, 0.2) is 12.7 Å². The number of carbonyl (C=O) groups is 1. The van der Waals surface area contributed by atoms with Crippen LogP contribution < -0.4 is 5.73 Å². The van der Waals surface area contributed by atoms with E-state index in [2.05, 4.69) is 15.0 Å². The normalized spacial score (nSPS) is 20.4. The number of nitrogens with zero attached hydrogens (tertiary/aromatic N) is 5. The summed E-state index contributed by atoms with van der Waals surface area (Å²) in [5.74, 6) is 0.599. The van der Waals surface area contributed by atoms with Gasteiger partial charge in [0.25, 0.3) is 0 Å². The largest absolute Gasteiger partial charge is 0.408 e. The Morgan fingerprint density at radius 3 is 2.62 bits per heavy atom. The summed E-state index contributed by atoms with van der Waals surface area (Å²) in [6, 6.07) is -0.207. The van der Waals surface area contributed by atoms with Crippen LogP contribution in [0.4, 0.5) is 5.82 Å². The number of aliphatic hydroxyl groups is 1. The Kier molecular flexibility index (Phi) is 10.1. The van der Waals surface area contributed by atoms with Crippen molar-refractivity contribution in [1.29, 1.82) is 0 Å². The summed E-state index contributed by atoms with van der Waals surface area (Å²) in [4.78, 5) is 24.8. The van der Waals surface area contributed by atoms with Crippen LogP contribution in [0.1, 0.15) is 60.6 Å². The van der Waals surface area contributed by atoms with Gasteiger partial charge < -0.3 is 15.6 Å². The number of anilines is 1. The Morgan fingerprint density at radius 1 is 1.27 bits per heavy atom. The fourth-order valence-corrected chi connectivity index (χ4v) is 7.23. The number of carbonyl (C=O) groups excluding carboxylic acids is 1. The van der Waals surface area contributed by atoms with E-state index >= 15 is 0 Å². The fraction of sp³-hybridized carbons (Fsp3) is 0.739. The van der Waals surface area contributed by atoms with Crippen molar-refractivity contribution in [2.75, 3.05) is 31.3 Å². The second-order valence-corrected chi connectivity index (χ2v) is 13.2. The molecular formula is C23H39N6O6PS. The summed E-state index contributed by atoms with van der Waals surface area (Å²) in [6.45, 7) is 11.0. The first-order chi connectivity index (χ1) is 17.4. The van der Waals surface area contributed by atoms with E-state index in [1.807, 2.05) is 32.3 Å². The lowest BCUT2D eigenvalue weighted by atomic mass is 9.97. The average Bonchev–Trinajstić information content (AvgIpc) is 3.47. The zero-order chi connectivity index (χ0) is 27.4. The topological polar surface area (TPSA) is 155 Å². The summed E-state index contributed by atoms with van der Waals surface area (Å²) in [6.07, 6.45) is 3.80. The van der Waals surface area contributed by atoms with Gasteiger partial charge in [-0.2, -0.15) is 0 Å². The second-order valence-electron chi connectivity index (χ2n) is 10.2. The van der Waals surface area contributed by atoms with Gasteiger partial charge in [0.2, 0.25) is 0 Å². The van der Waals surface area contributed by atoms with Gasteiger partial charge in [-0.15, -0.1) is 0 Å². The van der Waals surface area contributed by atoms with Crippen molar-refractivity contribution in [3.8, 4) is 0 Å². The molecule has 0 saturated carbocycles. The molecule has 12 nitrogen and oxygen atoms in total. The van der Waals surface area contributed by atoms with Gasteiger partial charge in [0.15, 0.2) is 16.6 Å². The van der Waals surface area contributed by atoms with Crippen LogP contribution >= 0.6 is 19.5 Å². The maximum atomic E-state index is 14.0. The van der Waals surface area contributed by atoms with Crippen molar-refractivity contribution in [2.24, 2.45) is 5.41 Å². The van der Waals surface area contributed by atoms with Crippen molar-refractivity contribution in [3.05, 3.63) is 12.7 Å². The van der Waals surface area contributed by atoms with E-state index in [0.29, 0.717) is 35.6 Å². The lowest BCUT2D eigenvalue weighted by molar-refractivity contribution is -0.119. The SMILES string of the molecule is CC(C)N(C(C)C)P(=O)(OCCSC(=O)C(C)(C)CO)OC[C@@H]1CC[C@H](n2cnc3c(N)ncnc32)O1. The minimum atomic E-state index is -3.70. The Balaban J connectivity index is 1.64. The van der Waals surface area contributed by atoms with Gasteiger partial charge in [-0.1, -0.05) is 11.8 Å². The number of thioether (sulfide) groups is 1. The number of aromatic nitrogens is 4. The summed E-state index contributed by atoms with van der Waals surface area (Å²) >= 11 is 1.05. The quantitative estimate of drug-likeness (QED) is 0.272. The maximum absolute atomic E-state index is 14.0. The van der Waals surface area contributed by atoms with Gasteiger partial charge in [-0.3, -0.25) is 18.4 Å². The van der Waals surface area contributed by atoms with Crippen LogP contribution in [-0.4, -0.2) is 78.2 Å². The first kappa shape index (κ1) is 29.9. The summed E-state index contributed by atoms with van der Waals surface area (Å²) in [7, 11) is -3.70. The maximum Gasteiger partial charge on any atom is 0.408 e. The summed E-state index contributed by atoms with van der Waals surface area (Å²) < 4.78 is 35.6. The number of aliphatic hydroxyl groups excluding tert-OH is 1. The highest BCUT2D eigenvalue weighted by Gasteiger charge is 2.40. The number of fused-ring (bicyclic) bond motifs is 1. The zero-order valence-corrected chi connectivity index (χ0v) is 24.1. The number of nitrogens with two attached hydrogens (primary N) is 1. The van der Waals surface area contributed by atoms with E-state index in [-0.39, 0.29) is 49.4 Å². The van der Waals surface area contributed by atoms with Crippen molar-refractivity contribution in [1.82, 2.24) is 24.2 Å². The molecule has 0 amide bonds. The molecular weight excluding hydrogens is 519 g/mol. The van der Waals surface area contributed by atoms with Gasteiger partial charge in [0.05, 0.1) is 37.7 Å². The molecule has 0 aromatic carbocycles. The first-order valence-corrected chi connectivity index (χ1v) is 14.9. The molecule has 14 heteroatoms. The summed E-state index contributed by atoms with van der Waals surface area (Å²) in [5, 5.41) is 9.25. The number of nitrogen functional groups attached to an aromatic ring is 1. The van der Waals surface area contributed by atoms with Gasteiger partial charge >= 0.3 is 7.75 Å². The molecule has 1 unspecified atom stereocenters. The van der Waals surface area contributed by atoms with E-state index in [4.69, 9.17) is 19.5 Å². The molecule has 2 aromatic heterocycles. The van der Waals surface area contributed by atoms with E-state index in [1.165, 1.54) is 6.33 Å². The van der Waals surface area contributed by atoms with Gasteiger partial charge in [-0.05, 0) is 54.4 Å². The van der Waals surface area contributed by atoms with Crippen LogP contribution in [-0.2, 0) is 23.1 Å². The van der Waals surface area contributed by atoms with Crippen molar-refractivity contribution in [2.45, 2.75) is 78.8 Å². The second kappa shape index (κ2) is 12.5. The van der Waals surface area contributed by atoms with Crippen LogP contribution in [0.3, 0.4) is 0 Å². The Morgan fingerprint density at radius 2 is 1.97 bits per heavy atom. The fourth-order valence-electron chi connectivity index (χ4n) is 4.15. The van der Waals surface area contributed by atoms with Crippen LogP contribution in [0.2, 0.25) is 0 Å². The zero-order valence-electron chi connectivity index (χ0n) is 22.4. The molecule has 3 heterocycles. The lowest BCUT2D eigenvalue weighted by Crippen LogP contribution is -2.36. The van der Waals surface area contributed by atoms with E-state index in [9.17, 15) is 14.5 Å². The highest BCUT2D eigenvalue weighted by Crippen LogP contribution is 2.55. The van der Waals surface area contributed by atoms with Crippen molar-refractivity contribution < 1.29 is 28.3 Å². The molecule has 0 bridgehead atoms. The van der Waals surface area contributed by atoms with Gasteiger partial charge in [0.1, 0.15) is 18.1 Å². The molecule has 0 spiro atoms. The summed E-state index contributed by atoms with van der Waals surface area (Å²) in [5.41, 5.74) is 6.16. The molecule has 1 aliphatic heterocycles. The molecule has 3 atom stereocenters. The number of hydrogen-bond acceptors (Lipinski definition) is 11. The molecule has 1 fully saturated rings. The molecule has 3 N–H and O–H groups in total. The molecule has 3 rings (SSSR count). The molecule has 1 aliphatic rings. The molecule has 208 valence electrons. The Bertz CT molecular complexity index is 1100. The van der Waals surface area contributed by atoms with Crippen LogP contribution in [0, 0.1) is 5.41 Å². The predicted octanol–water partition coefficient (Wildman–Crippen LogP) is 3.62. The molecule has 1 saturated heterocycles. The van der Waals surface area contributed by atoms with Crippen LogP contribution in [0.5, 0.6) is 0 Å². The first-order valence-electron chi connectivity index (χ1n) is 12.4. The minimum Gasteiger partial charge on any atom is -0.395 e. The van der Waals surface area contributed by atoms with Gasteiger partial charge in [0, 0.05) is 17.8 Å². The molecule has 0 aliphatic carbocycles. The Hall–Kier alpha value is -1.60. The third-order valence-corrected chi connectivity index (χ3v) is 9.73. The average molecular weight is 559 g/mol. The highest BCUT2D eigenvalue weighted by molar-refractivity contribution is 8.13.